The second kappa shape index (κ2) is 8.85. The molecular weight excluding hydrogens is 392 g/mol. The fourth-order valence-electron chi connectivity index (χ4n) is 1.96. The van der Waals surface area contributed by atoms with Crippen LogP contribution in [0.25, 0.3) is 0 Å². The van der Waals surface area contributed by atoms with E-state index < -0.39 is 33.5 Å². The highest BCUT2D eigenvalue weighted by Crippen LogP contribution is 2.30. The van der Waals surface area contributed by atoms with Crippen LogP contribution in [0.2, 0.25) is 0 Å². The summed E-state index contributed by atoms with van der Waals surface area (Å²) in [6.07, 6.45) is 0.147. The van der Waals surface area contributed by atoms with Crippen LogP contribution in [0.4, 0.5) is 0 Å². The maximum atomic E-state index is 12.0. The van der Waals surface area contributed by atoms with Gasteiger partial charge in [0.25, 0.3) is 16.0 Å². The molecule has 12 heteroatoms. The number of pyridine rings is 1. The van der Waals surface area contributed by atoms with Crippen molar-refractivity contribution in [2.75, 3.05) is 5.75 Å². The van der Waals surface area contributed by atoms with Gasteiger partial charge in [0, 0.05) is 24.8 Å². The Labute approximate surface area is 152 Å². The van der Waals surface area contributed by atoms with E-state index in [1.807, 2.05) is 0 Å². The van der Waals surface area contributed by atoms with Gasteiger partial charge < -0.3 is 9.94 Å². The number of aliphatic hydroxyl groups is 1. The summed E-state index contributed by atoms with van der Waals surface area (Å²) in [7, 11) is -2.17. The number of hydrogen-bond acceptors (Lipinski definition) is 9. The smallest absolute Gasteiger partial charge is 0.353 e. The van der Waals surface area contributed by atoms with Crippen molar-refractivity contribution in [3.05, 3.63) is 24.4 Å². The molecule has 1 fully saturated rings. The number of hydrogen-bond donors (Lipinski definition) is 2. The fourth-order valence-corrected chi connectivity index (χ4v) is 4.78. The van der Waals surface area contributed by atoms with Crippen LogP contribution in [0, 0.1) is 0 Å². The first-order valence-electron chi connectivity index (χ1n) is 7.18. The normalized spacial score (nSPS) is 19.0. The van der Waals surface area contributed by atoms with Crippen molar-refractivity contribution in [3.8, 4) is 0 Å². The van der Waals surface area contributed by atoms with Gasteiger partial charge in [0.1, 0.15) is 5.03 Å². The largest absolute Gasteiger partial charge is 0.370 e. The highest BCUT2D eigenvalue weighted by molar-refractivity contribution is 8.76. The molecule has 0 bridgehead atoms. The zero-order valence-electron chi connectivity index (χ0n) is 12.8. The third kappa shape index (κ3) is 5.85. The summed E-state index contributed by atoms with van der Waals surface area (Å²) in [5, 5.41) is 8.84. The predicted molar refractivity (Wildman–Crippen MR) is 90.7 cm³/mol. The molecule has 9 nitrogen and oxygen atoms in total. The van der Waals surface area contributed by atoms with Gasteiger partial charge in [0.2, 0.25) is 0 Å². The van der Waals surface area contributed by atoms with E-state index in [9.17, 15) is 27.7 Å². The third-order valence-corrected chi connectivity index (χ3v) is 6.63. The number of aromatic nitrogens is 1. The third-order valence-electron chi connectivity index (χ3n) is 3.19. The van der Waals surface area contributed by atoms with E-state index in [1.54, 1.807) is 24.4 Å². The molecule has 2 rings (SSSR count). The van der Waals surface area contributed by atoms with Gasteiger partial charge in [0.05, 0.1) is 0 Å². The number of nitrogens with zero attached hydrogens (tertiary/aromatic N) is 2. The Hall–Kier alpha value is -1.34. The SMILES string of the molecule is O=C(ON1C(=O)CCC1O)C(CCSSc1ccccn1)S(=O)(=O)O. The Kier molecular flexibility index (Phi) is 7.07. The summed E-state index contributed by atoms with van der Waals surface area (Å²) in [4.78, 5) is 32.2. The molecule has 1 saturated heterocycles. The minimum absolute atomic E-state index is 0.0123. The van der Waals surface area contributed by atoms with Gasteiger partial charge in [-0.3, -0.25) is 9.35 Å². The molecule has 0 radical (unpaired) electrons. The molecule has 2 heterocycles. The monoisotopic (exact) mass is 408 g/mol. The minimum atomic E-state index is -4.72. The van der Waals surface area contributed by atoms with E-state index >= 15 is 0 Å². The number of rotatable bonds is 8. The summed E-state index contributed by atoms with van der Waals surface area (Å²) >= 11 is 0. The van der Waals surface area contributed by atoms with Crippen molar-refractivity contribution in [3.63, 3.8) is 0 Å². The van der Waals surface area contributed by atoms with Gasteiger partial charge in [-0.1, -0.05) is 16.9 Å². The van der Waals surface area contributed by atoms with Crippen molar-refractivity contribution < 1.29 is 32.5 Å². The predicted octanol–water partition coefficient (Wildman–Crippen LogP) is 0.867. The molecular formula is C13H16N2O7S3. The molecule has 2 atom stereocenters. The van der Waals surface area contributed by atoms with Crippen LogP contribution in [0.1, 0.15) is 19.3 Å². The summed E-state index contributed by atoms with van der Waals surface area (Å²) in [6, 6.07) is 5.33. The Balaban J connectivity index is 1.90. The van der Waals surface area contributed by atoms with Gasteiger partial charge in [-0.25, -0.2) is 9.78 Å². The van der Waals surface area contributed by atoms with Gasteiger partial charge in [-0.2, -0.15) is 8.42 Å². The van der Waals surface area contributed by atoms with Gasteiger partial charge >= 0.3 is 5.97 Å². The van der Waals surface area contributed by atoms with Crippen LogP contribution in [-0.2, 0) is 24.5 Å². The van der Waals surface area contributed by atoms with Gasteiger partial charge in [0.15, 0.2) is 11.5 Å². The number of amides is 1. The fraction of sp³-hybridized carbons (Fsp3) is 0.462. The molecule has 138 valence electrons. The summed E-state index contributed by atoms with van der Waals surface area (Å²) in [6.45, 7) is 0. The van der Waals surface area contributed by atoms with Crippen LogP contribution in [0.5, 0.6) is 0 Å². The molecule has 0 aliphatic carbocycles. The van der Waals surface area contributed by atoms with E-state index in [-0.39, 0.29) is 25.0 Å². The topological polar surface area (TPSA) is 134 Å². The molecule has 0 saturated carbocycles. The van der Waals surface area contributed by atoms with Crippen LogP contribution in [-0.4, -0.2) is 57.2 Å². The molecule has 1 aromatic heterocycles. The molecule has 1 amide bonds. The van der Waals surface area contributed by atoms with E-state index in [4.69, 9.17) is 0 Å². The standard InChI is InChI=1S/C13H16N2O7S3/c16-11-4-5-12(17)15(11)22-13(18)9(25(19,20)21)6-8-23-24-10-3-1-2-7-14-10/h1-3,7,9,11,16H,4-6,8H2,(H,19,20,21). The lowest BCUT2D eigenvalue weighted by molar-refractivity contribution is -0.220. The van der Waals surface area contributed by atoms with E-state index in [0.717, 1.165) is 0 Å². The van der Waals surface area contributed by atoms with Crippen molar-refractivity contribution >= 4 is 43.6 Å². The summed E-state index contributed by atoms with van der Waals surface area (Å²) in [5.74, 6) is -1.73. The van der Waals surface area contributed by atoms with Crippen LogP contribution < -0.4 is 0 Å². The first kappa shape index (κ1) is 20.0. The van der Waals surface area contributed by atoms with Crippen molar-refractivity contribution in [1.82, 2.24) is 10.0 Å². The lowest BCUT2D eigenvalue weighted by Crippen LogP contribution is -2.41. The van der Waals surface area contributed by atoms with E-state index in [0.29, 0.717) is 10.1 Å². The Morgan fingerprint density at radius 1 is 1.48 bits per heavy atom. The number of hydroxylamine groups is 2. The number of carbonyl (C=O) groups excluding carboxylic acids is 2. The maximum Gasteiger partial charge on any atom is 0.353 e. The summed E-state index contributed by atoms with van der Waals surface area (Å²) < 4.78 is 32.1. The Morgan fingerprint density at radius 3 is 2.80 bits per heavy atom. The van der Waals surface area contributed by atoms with Crippen LogP contribution >= 0.6 is 21.6 Å². The Bertz CT molecular complexity index is 714. The number of carbonyl (C=O) groups is 2. The second-order valence-corrected chi connectivity index (χ2v) is 9.05. The molecule has 0 spiro atoms. The van der Waals surface area contributed by atoms with Crippen molar-refractivity contribution in [2.45, 2.75) is 35.8 Å². The van der Waals surface area contributed by atoms with Gasteiger partial charge in [-0.15, -0.1) is 5.06 Å². The number of aliphatic hydroxyl groups excluding tert-OH is 1. The van der Waals surface area contributed by atoms with Crippen LogP contribution in [0.15, 0.2) is 29.4 Å². The van der Waals surface area contributed by atoms with Gasteiger partial charge in [-0.05, 0) is 29.3 Å². The average Bonchev–Trinajstić information content (AvgIpc) is 2.86. The zero-order chi connectivity index (χ0) is 18.4. The highest BCUT2D eigenvalue weighted by Gasteiger charge is 2.38. The minimum Gasteiger partial charge on any atom is -0.370 e. The lowest BCUT2D eigenvalue weighted by Gasteiger charge is -2.21. The molecule has 25 heavy (non-hydrogen) atoms. The quantitative estimate of drug-likeness (QED) is 0.362. The average molecular weight is 408 g/mol. The maximum absolute atomic E-state index is 12.0. The molecule has 1 aromatic rings. The van der Waals surface area contributed by atoms with E-state index in [1.165, 1.54) is 21.6 Å². The zero-order valence-corrected chi connectivity index (χ0v) is 15.3. The molecule has 1 aliphatic rings. The van der Waals surface area contributed by atoms with Crippen LogP contribution in [0.3, 0.4) is 0 Å². The molecule has 2 N–H and O–H groups in total. The second-order valence-electron chi connectivity index (χ2n) is 5.01. The first-order chi connectivity index (χ1) is 11.8. The van der Waals surface area contributed by atoms with Crippen molar-refractivity contribution in [2.24, 2.45) is 0 Å². The first-order valence-corrected chi connectivity index (χ1v) is 11.0. The molecule has 1 aliphatic heterocycles. The molecule has 2 unspecified atom stereocenters. The van der Waals surface area contributed by atoms with Crippen molar-refractivity contribution in [1.29, 1.82) is 0 Å². The van der Waals surface area contributed by atoms with E-state index in [2.05, 4.69) is 9.82 Å². The Morgan fingerprint density at radius 2 is 2.24 bits per heavy atom. The summed E-state index contributed by atoms with van der Waals surface area (Å²) in [5.41, 5.74) is 0. The lowest BCUT2D eigenvalue weighted by atomic mass is 10.3. The molecule has 0 aromatic carbocycles. The highest BCUT2D eigenvalue weighted by atomic mass is 33.1.